The zero-order chi connectivity index (χ0) is 21.1. The molecule has 30 heavy (non-hydrogen) atoms. The monoisotopic (exact) mass is 402 g/mol. The molecule has 0 aliphatic rings. The number of ether oxygens (including phenoxy) is 1. The van der Waals surface area contributed by atoms with E-state index in [0.29, 0.717) is 23.0 Å². The lowest BCUT2D eigenvalue weighted by atomic mass is 10.1. The normalized spacial score (nSPS) is 10.9. The molecule has 0 radical (unpaired) electrons. The summed E-state index contributed by atoms with van der Waals surface area (Å²) >= 11 is 0. The van der Waals surface area contributed by atoms with Crippen molar-refractivity contribution >= 4 is 5.97 Å². The number of aryl methyl sites for hydroxylation is 2. The largest absolute Gasteiger partial charge is 0.454 e. The zero-order valence-corrected chi connectivity index (χ0v) is 17.1. The van der Waals surface area contributed by atoms with E-state index in [0.717, 1.165) is 17.7 Å². The minimum atomic E-state index is -0.549. The summed E-state index contributed by atoms with van der Waals surface area (Å²) in [6.45, 7) is 5.69. The van der Waals surface area contributed by atoms with Crippen molar-refractivity contribution in [2.24, 2.45) is 0 Å². The highest BCUT2D eigenvalue weighted by molar-refractivity contribution is 5.88. The molecule has 2 aromatic carbocycles. The predicted octanol–water partition coefficient (Wildman–Crippen LogP) is 4.46. The van der Waals surface area contributed by atoms with Crippen LogP contribution in [0.3, 0.4) is 0 Å². The first kappa shape index (κ1) is 19.6. The number of carbonyl (C=O) groups is 1. The molecule has 0 saturated heterocycles. The van der Waals surface area contributed by atoms with Crippen LogP contribution in [0.15, 0.2) is 59.0 Å². The third kappa shape index (κ3) is 3.87. The predicted molar refractivity (Wildman–Crippen MR) is 111 cm³/mol. The van der Waals surface area contributed by atoms with E-state index in [1.54, 1.807) is 18.5 Å². The van der Waals surface area contributed by atoms with Crippen molar-refractivity contribution in [1.82, 2.24) is 20.0 Å². The number of carbonyl (C=O) groups excluding carboxylic acids is 1. The van der Waals surface area contributed by atoms with E-state index in [-0.39, 0.29) is 12.3 Å². The van der Waals surface area contributed by atoms with Gasteiger partial charge in [0.25, 0.3) is 0 Å². The van der Waals surface area contributed by atoms with Crippen LogP contribution >= 0.6 is 0 Å². The molecule has 0 amide bonds. The Kier molecular flexibility index (Phi) is 5.43. The Balaban J connectivity index is 1.47. The number of oxazole rings is 1. The number of nitrogens with zero attached hydrogens (tertiary/aromatic N) is 4. The Hall–Kier alpha value is -3.74. The van der Waals surface area contributed by atoms with Gasteiger partial charge in [0.1, 0.15) is 18.1 Å². The fraction of sp³-hybridized carbons (Fsp3) is 0.217. The van der Waals surface area contributed by atoms with Crippen molar-refractivity contribution in [2.75, 3.05) is 0 Å². The van der Waals surface area contributed by atoms with Gasteiger partial charge in [0.15, 0.2) is 5.69 Å². The molecule has 0 fully saturated rings. The fourth-order valence-electron chi connectivity index (χ4n) is 3.10. The van der Waals surface area contributed by atoms with E-state index in [2.05, 4.69) is 22.2 Å². The van der Waals surface area contributed by atoms with Crippen LogP contribution in [0.2, 0.25) is 0 Å². The van der Waals surface area contributed by atoms with Crippen molar-refractivity contribution in [2.45, 2.75) is 33.8 Å². The number of esters is 1. The summed E-state index contributed by atoms with van der Waals surface area (Å²) in [5.74, 6) is 0.558. The number of hydrogen-bond donors (Lipinski definition) is 0. The van der Waals surface area contributed by atoms with E-state index in [1.807, 2.05) is 54.6 Å². The maximum atomic E-state index is 12.6. The van der Waals surface area contributed by atoms with Gasteiger partial charge in [-0.2, -0.15) is 0 Å². The Bertz CT molecular complexity index is 1160. The molecule has 2 heterocycles. The summed E-state index contributed by atoms with van der Waals surface area (Å²) in [5.41, 5.74) is 4.31. The third-order valence-corrected chi connectivity index (χ3v) is 4.93. The molecule has 7 heteroatoms. The molecule has 0 atom stereocenters. The Morgan fingerprint density at radius 3 is 2.50 bits per heavy atom. The number of hydrogen-bond acceptors (Lipinski definition) is 6. The molecule has 7 nitrogen and oxygen atoms in total. The smallest absolute Gasteiger partial charge is 0.361 e. The highest BCUT2D eigenvalue weighted by atomic mass is 16.5. The van der Waals surface area contributed by atoms with E-state index in [9.17, 15) is 4.79 Å². The first-order valence-corrected chi connectivity index (χ1v) is 9.77. The molecule has 0 unspecified atom stereocenters. The van der Waals surface area contributed by atoms with E-state index < -0.39 is 5.97 Å². The van der Waals surface area contributed by atoms with E-state index >= 15 is 0 Å². The minimum Gasteiger partial charge on any atom is -0.454 e. The second-order valence-corrected chi connectivity index (χ2v) is 6.92. The summed E-state index contributed by atoms with van der Waals surface area (Å²) in [4.78, 5) is 17.0. The Morgan fingerprint density at radius 1 is 1.07 bits per heavy atom. The van der Waals surface area contributed by atoms with Crippen LogP contribution in [0, 0.1) is 13.8 Å². The maximum absolute atomic E-state index is 12.6. The molecule has 0 aliphatic carbocycles. The van der Waals surface area contributed by atoms with Crippen molar-refractivity contribution in [1.29, 1.82) is 0 Å². The zero-order valence-electron chi connectivity index (χ0n) is 17.1. The summed E-state index contributed by atoms with van der Waals surface area (Å²) in [6, 6.07) is 17.6. The molecule has 2 aromatic heterocycles. The van der Waals surface area contributed by atoms with Gasteiger partial charge in [-0.1, -0.05) is 42.5 Å². The van der Waals surface area contributed by atoms with Gasteiger partial charge < -0.3 is 9.15 Å². The molecule has 4 rings (SSSR count). The molecule has 4 aromatic rings. The SMILES string of the molecule is CCc1ccc(-n2nnc(C(=O)OCc3nc(-c4ccccc4)oc3C)c2C)cc1. The van der Waals surface area contributed by atoms with Crippen molar-refractivity contribution in [3.8, 4) is 17.1 Å². The first-order valence-electron chi connectivity index (χ1n) is 9.77. The molecular formula is C23H22N4O3. The average Bonchev–Trinajstić information content (AvgIpc) is 3.35. The van der Waals surface area contributed by atoms with Crippen LogP contribution in [0.4, 0.5) is 0 Å². The molecule has 0 N–H and O–H groups in total. The van der Waals surface area contributed by atoms with Gasteiger partial charge in [0, 0.05) is 5.56 Å². The second-order valence-electron chi connectivity index (χ2n) is 6.92. The first-order chi connectivity index (χ1) is 14.6. The maximum Gasteiger partial charge on any atom is 0.361 e. The highest BCUT2D eigenvalue weighted by Crippen LogP contribution is 2.22. The number of benzene rings is 2. The summed E-state index contributed by atoms with van der Waals surface area (Å²) < 4.78 is 12.8. The lowest BCUT2D eigenvalue weighted by Gasteiger charge is -2.05. The van der Waals surface area contributed by atoms with Crippen molar-refractivity contribution < 1.29 is 13.9 Å². The van der Waals surface area contributed by atoms with E-state index in [4.69, 9.17) is 9.15 Å². The highest BCUT2D eigenvalue weighted by Gasteiger charge is 2.20. The van der Waals surface area contributed by atoms with Gasteiger partial charge in [0.2, 0.25) is 5.89 Å². The lowest BCUT2D eigenvalue weighted by molar-refractivity contribution is 0.0459. The minimum absolute atomic E-state index is 0.00149. The number of rotatable bonds is 6. The van der Waals surface area contributed by atoms with Gasteiger partial charge in [-0.3, -0.25) is 0 Å². The topological polar surface area (TPSA) is 83.0 Å². The van der Waals surface area contributed by atoms with Crippen LogP contribution in [0.1, 0.15) is 40.1 Å². The van der Waals surface area contributed by atoms with Crippen molar-refractivity contribution in [3.05, 3.63) is 83.0 Å². The van der Waals surface area contributed by atoms with E-state index in [1.165, 1.54) is 5.56 Å². The Labute approximate surface area is 174 Å². The van der Waals surface area contributed by atoms with Gasteiger partial charge >= 0.3 is 5.97 Å². The van der Waals surface area contributed by atoms with Gasteiger partial charge in [-0.15, -0.1) is 5.10 Å². The van der Waals surface area contributed by atoms with Gasteiger partial charge in [-0.25, -0.2) is 14.5 Å². The number of aromatic nitrogens is 4. The molecule has 0 aliphatic heterocycles. The molecular weight excluding hydrogens is 380 g/mol. The van der Waals surface area contributed by atoms with Crippen molar-refractivity contribution in [3.63, 3.8) is 0 Å². The molecule has 0 spiro atoms. The van der Waals surface area contributed by atoms with Crippen LogP contribution in [0.5, 0.6) is 0 Å². The van der Waals surface area contributed by atoms with Crippen LogP contribution in [-0.4, -0.2) is 25.9 Å². The van der Waals surface area contributed by atoms with Gasteiger partial charge in [0.05, 0.1) is 11.4 Å². The molecule has 152 valence electrons. The summed E-state index contributed by atoms with van der Waals surface area (Å²) in [7, 11) is 0. The van der Waals surface area contributed by atoms with Gasteiger partial charge in [-0.05, 0) is 50.1 Å². The summed E-state index contributed by atoms with van der Waals surface area (Å²) in [5, 5.41) is 8.13. The third-order valence-electron chi connectivity index (χ3n) is 4.93. The van der Waals surface area contributed by atoms with Crippen LogP contribution < -0.4 is 0 Å². The summed E-state index contributed by atoms with van der Waals surface area (Å²) in [6.07, 6.45) is 0.960. The molecule has 0 saturated carbocycles. The standard InChI is InChI=1S/C23H22N4O3/c1-4-17-10-12-19(13-11-17)27-15(2)21(25-26-27)23(28)29-14-20-16(3)30-22(24-20)18-8-6-5-7-9-18/h5-13H,4,14H2,1-3H3. The average molecular weight is 402 g/mol. The van der Waals surface area contributed by atoms with Crippen LogP contribution in [-0.2, 0) is 17.8 Å². The van der Waals surface area contributed by atoms with Crippen LogP contribution in [0.25, 0.3) is 17.1 Å². The molecule has 0 bridgehead atoms. The second kappa shape index (κ2) is 8.32. The quantitative estimate of drug-likeness (QED) is 0.443. The lowest BCUT2D eigenvalue weighted by Crippen LogP contribution is -2.09. The fourth-order valence-corrected chi connectivity index (χ4v) is 3.10. The Morgan fingerprint density at radius 2 is 1.80 bits per heavy atom.